The van der Waals surface area contributed by atoms with Crippen LogP contribution in [-0.2, 0) is 0 Å². The molecule has 2 aromatic heterocycles. The molecule has 0 aliphatic heterocycles. The molecule has 1 fully saturated rings. The molecule has 1 saturated carbocycles. The molecule has 0 saturated heterocycles. The summed E-state index contributed by atoms with van der Waals surface area (Å²) in [6.45, 7) is 0. The van der Waals surface area contributed by atoms with E-state index >= 15 is 0 Å². The number of amides is 1. The van der Waals surface area contributed by atoms with E-state index in [-0.39, 0.29) is 28.6 Å². The number of anilines is 1. The highest BCUT2D eigenvalue weighted by Crippen LogP contribution is 2.40. The fourth-order valence-electron chi connectivity index (χ4n) is 2.62. The lowest BCUT2D eigenvalue weighted by atomic mass is 10.2. The number of carbonyl (C=O) groups is 1. The first kappa shape index (κ1) is 15.6. The maximum Gasteiger partial charge on any atom is 0.280 e. The average molecular weight is 346 g/mol. The molecule has 0 spiro atoms. The summed E-state index contributed by atoms with van der Waals surface area (Å²) in [6, 6.07) is 8.33. The number of halogens is 3. The van der Waals surface area contributed by atoms with Gasteiger partial charge in [-0.1, -0.05) is 12.1 Å². The molecular weight excluding hydrogens is 333 g/mol. The van der Waals surface area contributed by atoms with Crippen molar-refractivity contribution in [2.24, 2.45) is 0 Å². The van der Waals surface area contributed by atoms with Crippen molar-refractivity contribution in [2.45, 2.75) is 25.2 Å². The number of hydrogen-bond donors (Lipinski definition) is 1. The van der Waals surface area contributed by atoms with Crippen molar-refractivity contribution in [3.63, 3.8) is 0 Å². The van der Waals surface area contributed by atoms with Gasteiger partial charge in [0, 0.05) is 17.7 Å². The van der Waals surface area contributed by atoms with E-state index in [0.717, 1.165) is 17.4 Å². The third-order valence-electron chi connectivity index (χ3n) is 4.05. The van der Waals surface area contributed by atoms with Crippen molar-refractivity contribution in [3.8, 4) is 0 Å². The summed E-state index contributed by atoms with van der Waals surface area (Å²) in [6.07, 6.45) is -0.910. The Labute approximate surface area is 140 Å². The summed E-state index contributed by atoms with van der Waals surface area (Å²) < 4.78 is 41.3. The zero-order valence-corrected chi connectivity index (χ0v) is 12.9. The first-order valence-corrected chi connectivity index (χ1v) is 7.77. The number of para-hydroxylation sites is 1. The van der Waals surface area contributed by atoms with Crippen LogP contribution in [0.3, 0.4) is 0 Å². The summed E-state index contributed by atoms with van der Waals surface area (Å²) in [7, 11) is 0. The van der Waals surface area contributed by atoms with E-state index < -0.39 is 18.1 Å². The molecule has 3 aromatic rings. The van der Waals surface area contributed by atoms with E-state index in [4.69, 9.17) is 0 Å². The summed E-state index contributed by atoms with van der Waals surface area (Å²) in [5.74, 6) is -1.10. The van der Waals surface area contributed by atoms with Gasteiger partial charge in [0.15, 0.2) is 11.3 Å². The number of nitrogens with one attached hydrogen (secondary N) is 1. The lowest BCUT2D eigenvalue weighted by Gasteiger charge is -2.06. The molecule has 1 amide bonds. The van der Waals surface area contributed by atoms with Gasteiger partial charge in [-0.05, 0) is 31.0 Å². The van der Waals surface area contributed by atoms with E-state index in [2.05, 4.69) is 15.4 Å². The molecule has 0 bridgehead atoms. The fraction of sp³-hybridized carbons (Fsp3) is 0.235. The molecule has 0 atom stereocenters. The van der Waals surface area contributed by atoms with Crippen LogP contribution in [-0.4, -0.2) is 20.5 Å². The number of fused-ring (bicyclic) bond motifs is 1. The van der Waals surface area contributed by atoms with Crippen LogP contribution in [0.15, 0.2) is 36.4 Å². The van der Waals surface area contributed by atoms with E-state index in [9.17, 15) is 18.0 Å². The van der Waals surface area contributed by atoms with Crippen LogP contribution in [0.5, 0.6) is 0 Å². The van der Waals surface area contributed by atoms with Gasteiger partial charge in [0.2, 0.25) is 0 Å². The van der Waals surface area contributed by atoms with Gasteiger partial charge in [-0.15, -0.1) is 0 Å². The van der Waals surface area contributed by atoms with Crippen molar-refractivity contribution in [3.05, 3.63) is 59.3 Å². The third-order valence-corrected chi connectivity index (χ3v) is 4.05. The molecule has 8 heteroatoms. The van der Waals surface area contributed by atoms with Crippen LogP contribution >= 0.6 is 0 Å². The lowest BCUT2D eigenvalue weighted by molar-refractivity contribution is 0.102. The highest BCUT2D eigenvalue weighted by atomic mass is 19.3. The van der Waals surface area contributed by atoms with Crippen LogP contribution in [0.4, 0.5) is 18.9 Å². The predicted molar refractivity (Wildman–Crippen MR) is 84.3 cm³/mol. The van der Waals surface area contributed by atoms with Crippen LogP contribution in [0.1, 0.15) is 47.1 Å². The maximum atomic E-state index is 13.6. The summed E-state index contributed by atoms with van der Waals surface area (Å²) >= 11 is 0. The predicted octanol–water partition coefficient (Wildman–Crippen LogP) is 3.94. The minimum absolute atomic E-state index is 0.00901. The Hall–Kier alpha value is -2.90. The molecule has 1 aromatic carbocycles. The van der Waals surface area contributed by atoms with Crippen molar-refractivity contribution in [1.29, 1.82) is 0 Å². The first-order chi connectivity index (χ1) is 12.0. The van der Waals surface area contributed by atoms with Gasteiger partial charge in [-0.3, -0.25) is 4.79 Å². The highest BCUT2D eigenvalue weighted by Gasteiger charge is 2.28. The Kier molecular flexibility index (Phi) is 3.67. The molecule has 1 N–H and O–H groups in total. The summed E-state index contributed by atoms with van der Waals surface area (Å²) in [4.78, 5) is 16.6. The molecule has 0 radical (unpaired) electrons. The Morgan fingerprint density at radius 1 is 1.24 bits per heavy atom. The summed E-state index contributed by atoms with van der Waals surface area (Å²) in [5, 5.41) is 6.30. The van der Waals surface area contributed by atoms with Crippen molar-refractivity contribution < 1.29 is 18.0 Å². The quantitative estimate of drug-likeness (QED) is 0.778. The van der Waals surface area contributed by atoms with Gasteiger partial charge in [-0.25, -0.2) is 22.7 Å². The van der Waals surface area contributed by atoms with E-state index in [1.807, 2.05) is 0 Å². The number of nitrogens with zero attached hydrogens (tertiary/aromatic N) is 3. The minimum atomic E-state index is -2.75. The van der Waals surface area contributed by atoms with Crippen LogP contribution in [0.25, 0.3) is 5.65 Å². The van der Waals surface area contributed by atoms with Gasteiger partial charge in [-0.2, -0.15) is 5.10 Å². The second kappa shape index (κ2) is 5.87. The van der Waals surface area contributed by atoms with Gasteiger partial charge >= 0.3 is 0 Å². The van der Waals surface area contributed by atoms with Gasteiger partial charge in [0.25, 0.3) is 12.3 Å². The Morgan fingerprint density at radius 3 is 2.68 bits per heavy atom. The van der Waals surface area contributed by atoms with Crippen LogP contribution in [0.2, 0.25) is 0 Å². The summed E-state index contributed by atoms with van der Waals surface area (Å²) in [5.41, 5.74) is 0.342. The van der Waals surface area contributed by atoms with Gasteiger partial charge in [0.1, 0.15) is 11.5 Å². The molecule has 4 rings (SSSR count). The second-order valence-corrected chi connectivity index (χ2v) is 5.91. The fourth-order valence-corrected chi connectivity index (χ4v) is 2.62. The molecular formula is C17H13F3N4O. The first-order valence-electron chi connectivity index (χ1n) is 7.77. The maximum absolute atomic E-state index is 13.6. The number of aromatic nitrogens is 3. The van der Waals surface area contributed by atoms with E-state index in [0.29, 0.717) is 5.69 Å². The molecule has 0 unspecified atom stereocenters. The Balaban J connectivity index is 1.72. The molecule has 1 aliphatic rings. The molecule has 25 heavy (non-hydrogen) atoms. The van der Waals surface area contributed by atoms with E-state index in [1.54, 1.807) is 6.07 Å². The van der Waals surface area contributed by atoms with Gasteiger partial charge < -0.3 is 5.32 Å². The largest absolute Gasteiger partial charge is 0.318 e. The zero-order valence-electron chi connectivity index (χ0n) is 12.9. The highest BCUT2D eigenvalue weighted by molar-refractivity contribution is 6.03. The Bertz CT molecular complexity index is 966. The standard InChI is InChI=1S/C17H13F3N4O/c18-10-3-1-2-4-11(10)22-17(25)13-8-15-21-12(9-5-6-9)7-14(16(19)20)24(15)23-13/h1-4,7-9,16H,5-6H2,(H,22,25). The average Bonchev–Trinajstić information content (AvgIpc) is 3.34. The molecule has 5 nitrogen and oxygen atoms in total. The Morgan fingerprint density at radius 2 is 2.00 bits per heavy atom. The number of rotatable bonds is 4. The van der Waals surface area contributed by atoms with Crippen LogP contribution < -0.4 is 5.32 Å². The van der Waals surface area contributed by atoms with Crippen molar-refractivity contribution >= 4 is 17.2 Å². The number of benzene rings is 1. The molecule has 128 valence electrons. The number of carbonyl (C=O) groups excluding carboxylic acids is 1. The topological polar surface area (TPSA) is 59.3 Å². The smallest absolute Gasteiger partial charge is 0.280 e. The SMILES string of the molecule is O=C(Nc1ccccc1F)c1cc2nc(C3CC3)cc(C(F)F)n2n1. The minimum Gasteiger partial charge on any atom is -0.318 e. The monoisotopic (exact) mass is 346 g/mol. The van der Waals surface area contributed by atoms with Crippen molar-refractivity contribution in [1.82, 2.24) is 14.6 Å². The number of alkyl halides is 2. The number of hydrogen-bond acceptors (Lipinski definition) is 3. The zero-order chi connectivity index (χ0) is 17.6. The van der Waals surface area contributed by atoms with Gasteiger partial charge in [0.05, 0.1) is 5.69 Å². The van der Waals surface area contributed by atoms with Crippen molar-refractivity contribution in [2.75, 3.05) is 5.32 Å². The van der Waals surface area contributed by atoms with E-state index in [1.165, 1.54) is 30.3 Å². The lowest BCUT2D eigenvalue weighted by Crippen LogP contribution is -2.14. The third kappa shape index (κ3) is 2.95. The molecule has 1 aliphatic carbocycles. The normalized spacial score (nSPS) is 14.2. The van der Waals surface area contributed by atoms with Crippen LogP contribution in [0, 0.1) is 5.82 Å². The second-order valence-electron chi connectivity index (χ2n) is 5.91. The molecule has 2 heterocycles.